The second kappa shape index (κ2) is 10.1. The number of aromatic nitrogens is 1. The number of Topliss-reactive ketones (excluding diaryl/α,β-unsaturated/α-hetero) is 1. The molecule has 1 aliphatic rings. The maximum Gasteiger partial charge on any atom is 0.161 e. The molecule has 7 heteroatoms. The van der Waals surface area contributed by atoms with Crippen molar-refractivity contribution in [2.75, 3.05) is 51.3 Å². The van der Waals surface area contributed by atoms with Crippen LogP contribution >= 0.6 is 11.5 Å². The maximum absolute atomic E-state index is 11.5. The number of ether oxygens (including phenoxy) is 2. The number of anilines is 1. The first-order valence-corrected chi connectivity index (χ1v) is 11.6. The van der Waals surface area contributed by atoms with Crippen molar-refractivity contribution in [1.82, 2.24) is 9.27 Å². The lowest BCUT2D eigenvalue weighted by molar-refractivity contribution is 0.101. The van der Waals surface area contributed by atoms with Gasteiger partial charge in [0.1, 0.15) is 5.82 Å². The number of benzene rings is 2. The lowest BCUT2D eigenvalue weighted by atomic mass is 10.1. The molecule has 0 spiro atoms. The molecule has 0 bridgehead atoms. The molecule has 164 valence electrons. The fraction of sp³-hybridized carbons (Fsp3) is 0.417. The standard InChI is InChI=1S/C24H29N3O3S/c1-18(28)19-9-10-21(22(17-19)29-2)30-16-6-5-11-26-12-14-27(15-13-26)24-20-7-3-4-8-23(20)31-25-24/h3-4,7-10,17H,5-6,11-16H2,1-2H3. The highest BCUT2D eigenvalue weighted by Gasteiger charge is 2.20. The first kappa shape index (κ1) is 21.6. The fourth-order valence-electron chi connectivity index (χ4n) is 3.91. The van der Waals surface area contributed by atoms with Crippen LogP contribution in [-0.4, -0.2) is 61.5 Å². The van der Waals surface area contributed by atoms with E-state index in [9.17, 15) is 4.79 Å². The number of piperazine rings is 1. The van der Waals surface area contributed by atoms with Gasteiger partial charge in [0, 0.05) is 37.1 Å². The minimum atomic E-state index is 0.0212. The van der Waals surface area contributed by atoms with Gasteiger partial charge >= 0.3 is 0 Å². The monoisotopic (exact) mass is 439 g/mol. The molecule has 4 rings (SSSR count). The zero-order valence-corrected chi connectivity index (χ0v) is 19.0. The summed E-state index contributed by atoms with van der Waals surface area (Å²) in [6.07, 6.45) is 2.07. The molecule has 0 radical (unpaired) electrons. The van der Waals surface area contributed by atoms with Crippen LogP contribution in [0.15, 0.2) is 42.5 Å². The molecule has 31 heavy (non-hydrogen) atoms. The minimum absolute atomic E-state index is 0.0212. The van der Waals surface area contributed by atoms with Gasteiger partial charge in [0.15, 0.2) is 17.3 Å². The van der Waals surface area contributed by atoms with E-state index in [2.05, 4.69) is 34.1 Å². The highest BCUT2D eigenvalue weighted by atomic mass is 32.1. The Morgan fingerprint density at radius 1 is 1.06 bits per heavy atom. The van der Waals surface area contributed by atoms with E-state index in [0.717, 1.165) is 51.4 Å². The summed E-state index contributed by atoms with van der Waals surface area (Å²) in [5, 5.41) is 1.27. The quantitative estimate of drug-likeness (QED) is 0.362. The van der Waals surface area contributed by atoms with Crippen molar-refractivity contribution < 1.29 is 14.3 Å². The third kappa shape index (κ3) is 5.17. The van der Waals surface area contributed by atoms with Crippen molar-refractivity contribution >= 4 is 33.2 Å². The van der Waals surface area contributed by atoms with Crippen LogP contribution in [0.2, 0.25) is 0 Å². The van der Waals surface area contributed by atoms with Gasteiger partial charge < -0.3 is 14.4 Å². The van der Waals surface area contributed by atoms with E-state index in [1.54, 1.807) is 37.7 Å². The molecule has 0 amide bonds. The molecule has 0 aliphatic carbocycles. The Kier molecular flexibility index (Phi) is 7.04. The number of rotatable bonds is 9. The summed E-state index contributed by atoms with van der Waals surface area (Å²) in [6, 6.07) is 13.8. The summed E-state index contributed by atoms with van der Waals surface area (Å²) in [5.74, 6) is 2.46. The van der Waals surface area contributed by atoms with Crippen molar-refractivity contribution in [2.24, 2.45) is 0 Å². The molecule has 0 unspecified atom stereocenters. The second-order valence-electron chi connectivity index (χ2n) is 7.81. The Morgan fingerprint density at radius 3 is 2.65 bits per heavy atom. The number of fused-ring (bicyclic) bond motifs is 1. The first-order chi connectivity index (χ1) is 15.2. The van der Waals surface area contributed by atoms with Gasteiger partial charge in [-0.15, -0.1) is 0 Å². The van der Waals surface area contributed by atoms with E-state index in [-0.39, 0.29) is 5.78 Å². The van der Waals surface area contributed by atoms with E-state index in [1.807, 2.05) is 6.07 Å². The van der Waals surface area contributed by atoms with E-state index in [1.165, 1.54) is 10.1 Å². The third-order valence-electron chi connectivity index (χ3n) is 5.73. The molecule has 6 nitrogen and oxygen atoms in total. The molecule has 2 heterocycles. The predicted octanol–water partition coefficient (Wildman–Crippen LogP) is 4.49. The Balaban J connectivity index is 1.18. The summed E-state index contributed by atoms with van der Waals surface area (Å²) in [6.45, 7) is 7.43. The number of carbonyl (C=O) groups excluding carboxylic acids is 1. The highest BCUT2D eigenvalue weighted by Crippen LogP contribution is 2.30. The van der Waals surface area contributed by atoms with Crippen molar-refractivity contribution in [2.45, 2.75) is 19.8 Å². The van der Waals surface area contributed by atoms with Crippen LogP contribution in [0.1, 0.15) is 30.1 Å². The fourth-order valence-corrected chi connectivity index (χ4v) is 4.71. The van der Waals surface area contributed by atoms with Gasteiger partial charge in [-0.2, -0.15) is 4.37 Å². The second-order valence-corrected chi connectivity index (χ2v) is 8.61. The number of methoxy groups -OCH3 is 1. The van der Waals surface area contributed by atoms with Crippen LogP contribution in [-0.2, 0) is 0 Å². The topological polar surface area (TPSA) is 54.9 Å². The normalized spacial score (nSPS) is 14.7. The molecule has 0 saturated carbocycles. The van der Waals surface area contributed by atoms with Crippen LogP contribution in [0.5, 0.6) is 11.5 Å². The number of hydrogen-bond donors (Lipinski definition) is 0. The van der Waals surface area contributed by atoms with Gasteiger partial charge in [0.25, 0.3) is 0 Å². The van der Waals surface area contributed by atoms with E-state index in [4.69, 9.17) is 13.8 Å². The van der Waals surface area contributed by atoms with Gasteiger partial charge in [-0.3, -0.25) is 9.69 Å². The number of ketones is 1. The Bertz CT molecular complexity index is 1030. The Hall–Kier alpha value is -2.64. The number of unbranched alkanes of at least 4 members (excludes halogenated alkanes) is 1. The summed E-state index contributed by atoms with van der Waals surface area (Å²) < 4.78 is 17.2. The lowest BCUT2D eigenvalue weighted by Gasteiger charge is -2.35. The van der Waals surface area contributed by atoms with Gasteiger partial charge in [0.2, 0.25) is 0 Å². The number of nitrogens with zero attached hydrogens (tertiary/aromatic N) is 3. The van der Waals surface area contributed by atoms with Crippen molar-refractivity contribution in [3.05, 3.63) is 48.0 Å². The van der Waals surface area contributed by atoms with E-state index < -0.39 is 0 Å². The molecule has 3 aromatic rings. The molecular formula is C24H29N3O3S. The van der Waals surface area contributed by atoms with Gasteiger partial charge in [-0.1, -0.05) is 12.1 Å². The highest BCUT2D eigenvalue weighted by molar-refractivity contribution is 7.13. The van der Waals surface area contributed by atoms with Gasteiger partial charge in [-0.05, 0) is 68.2 Å². The average Bonchev–Trinajstić information content (AvgIpc) is 3.23. The molecule has 0 N–H and O–H groups in total. The molecule has 1 fully saturated rings. The van der Waals surface area contributed by atoms with Crippen LogP contribution in [0.25, 0.3) is 10.1 Å². The molecular weight excluding hydrogens is 410 g/mol. The van der Waals surface area contributed by atoms with Crippen LogP contribution in [0.4, 0.5) is 5.82 Å². The Morgan fingerprint density at radius 2 is 1.87 bits per heavy atom. The summed E-state index contributed by atoms with van der Waals surface area (Å²) >= 11 is 1.59. The zero-order chi connectivity index (χ0) is 21.6. The van der Waals surface area contributed by atoms with Gasteiger partial charge in [0.05, 0.1) is 18.4 Å². The third-order valence-corrected chi connectivity index (χ3v) is 6.54. The average molecular weight is 440 g/mol. The number of hydrogen-bond acceptors (Lipinski definition) is 7. The smallest absolute Gasteiger partial charge is 0.161 e. The largest absolute Gasteiger partial charge is 0.493 e. The Labute approximate surface area is 187 Å². The summed E-state index contributed by atoms with van der Waals surface area (Å²) in [4.78, 5) is 16.4. The van der Waals surface area contributed by atoms with Crippen molar-refractivity contribution in [3.8, 4) is 11.5 Å². The molecule has 1 saturated heterocycles. The summed E-state index contributed by atoms with van der Waals surface area (Å²) in [5.41, 5.74) is 0.633. The maximum atomic E-state index is 11.5. The first-order valence-electron chi connectivity index (χ1n) is 10.8. The van der Waals surface area contributed by atoms with E-state index >= 15 is 0 Å². The molecule has 0 atom stereocenters. The molecule has 1 aliphatic heterocycles. The lowest BCUT2D eigenvalue weighted by Crippen LogP contribution is -2.46. The van der Waals surface area contributed by atoms with Crippen LogP contribution in [0, 0.1) is 0 Å². The molecule has 1 aromatic heterocycles. The molecule has 2 aromatic carbocycles. The minimum Gasteiger partial charge on any atom is -0.493 e. The van der Waals surface area contributed by atoms with E-state index in [0.29, 0.717) is 23.7 Å². The van der Waals surface area contributed by atoms with Gasteiger partial charge in [-0.25, -0.2) is 0 Å². The number of carbonyl (C=O) groups is 1. The summed E-state index contributed by atoms with van der Waals surface area (Å²) in [7, 11) is 1.60. The zero-order valence-electron chi connectivity index (χ0n) is 18.2. The van der Waals surface area contributed by atoms with Crippen molar-refractivity contribution in [3.63, 3.8) is 0 Å². The van der Waals surface area contributed by atoms with Crippen LogP contribution in [0.3, 0.4) is 0 Å². The van der Waals surface area contributed by atoms with Crippen LogP contribution < -0.4 is 14.4 Å². The van der Waals surface area contributed by atoms with Crippen molar-refractivity contribution in [1.29, 1.82) is 0 Å². The predicted molar refractivity (Wildman–Crippen MR) is 126 cm³/mol. The SMILES string of the molecule is COc1cc(C(C)=O)ccc1OCCCCN1CCN(c2nsc3ccccc23)CC1.